The number of amides is 1. The average molecular weight is 340 g/mol. The maximum absolute atomic E-state index is 12.4. The van der Waals surface area contributed by atoms with Gasteiger partial charge in [-0.15, -0.1) is 11.3 Å². The van der Waals surface area contributed by atoms with Gasteiger partial charge in [0.25, 0.3) is 5.91 Å². The molecule has 1 aromatic carbocycles. The molecule has 1 N–H and O–H groups in total. The molecule has 0 radical (unpaired) electrons. The van der Waals surface area contributed by atoms with Crippen LogP contribution in [-0.2, 0) is 17.6 Å². The maximum Gasteiger partial charge on any atom is 0.337 e. The molecule has 0 unspecified atom stereocenters. The number of thiophene rings is 1. The first-order valence-corrected chi connectivity index (χ1v) is 8.50. The lowest BCUT2D eigenvalue weighted by Gasteiger charge is -2.09. The smallest absolute Gasteiger partial charge is 0.337 e. The Morgan fingerprint density at radius 2 is 1.83 bits per heavy atom. The number of methoxy groups -OCH3 is 1. The molecule has 6 heteroatoms. The number of ether oxygens (including phenoxy) is 1. The Balaban J connectivity index is 1.81. The lowest BCUT2D eigenvalue weighted by atomic mass is 9.96. The van der Waals surface area contributed by atoms with Crippen molar-refractivity contribution < 1.29 is 14.3 Å². The van der Waals surface area contributed by atoms with Gasteiger partial charge in [-0.3, -0.25) is 4.79 Å². The van der Waals surface area contributed by atoms with E-state index in [0.29, 0.717) is 21.7 Å². The van der Waals surface area contributed by atoms with E-state index in [0.717, 1.165) is 31.2 Å². The van der Waals surface area contributed by atoms with Gasteiger partial charge in [0.1, 0.15) is 11.1 Å². The molecular formula is C18H16N2O3S. The Kier molecular flexibility index (Phi) is 4.63. The van der Waals surface area contributed by atoms with Crippen LogP contribution in [0.25, 0.3) is 0 Å². The topological polar surface area (TPSA) is 79.2 Å². The molecule has 1 amide bonds. The van der Waals surface area contributed by atoms with Gasteiger partial charge in [0, 0.05) is 10.4 Å². The number of benzene rings is 1. The van der Waals surface area contributed by atoms with Gasteiger partial charge in [0.05, 0.1) is 18.2 Å². The number of nitriles is 1. The Hall–Kier alpha value is -2.65. The van der Waals surface area contributed by atoms with Crippen molar-refractivity contribution in [2.45, 2.75) is 25.7 Å². The van der Waals surface area contributed by atoms with Gasteiger partial charge in [0.15, 0.2) is 0 Å². The molecule has 0 atom stereocenters. The Morgan fingerprint density at radius 1 is 1.17 bits per heavy atom. The van der Waals surface area contributed by atoms with Gasteiger partial charge in [-0.05, 0) is 55.5 Å². The fourth-order valence-corrected chi connectivity index (χ4v) is 4.06. The molecule has 5 nitrogen and oxygen atoms in total. The minimum Gasteiger partial charge on any atom is -0.465 e. The molecule has 0 aliphatic heterocycles. The number of fused-ring (bicyclic) bond motifs is 1. The van der Waals surface area contributed by atoms with Gasteiger partial charge >= 0.3 is 5.97 Å². The molecule has 0 saturated heterocycles. The van der Waals surface area contributed by atoms with Crippen LogP contribution in [0.4, 0.5) is 5.00 Å². The van der Waals surface area contributed by atoms with Gasteiger partial charge in [-0.2, -0.15) is 5.26 Å². The van der Waals surface area contributed by atoms with Crippen LogP contribution in [0.5, 0.6) is 0 Å². The third-order valence-corrected chi connectivity index (χ3v) is 5.29. The second kappa shape index (κ2) is 6.85. The number of hydrogen-bond acceptors (Lipinski definition) is 5. The third-order valence-electron chi connectivity index (χ3n) is 4.08. The monoisotopic (exact) mass is 340 g/mol. The predicted molar refractivity (Wildman–Crippen MR) is 91.4 cm³/mol. The number of carbonyl (C=O) groups excluding carboxylic acids is 2. The summed E-state index contributed by atoms with van der Waals surface area (Å²) in [4.78, 5) is 25.0. The summed E-state index contributed by atoms with van der Waals surface area (Å²) in [7, 11) is 1.31. The normalized spacial score (nSPS) is 12.8. The molecule has 122 valence electrons. The van der Waals surface area contributed by atoms with E-state index in [1.54, 1.807) is 24.3 Å². The van der Waals surface area contributed by atoms with Crippen molar-refractivity contribution in [1.29, 1.82) is 5.26 Å². The van der Waals surface area contributed by atoms with Crippen LogP contribution in [-0.4, -0.2) is 19.0 Å². The third kappa shape index (κ3) is 3.03. The van der Waals surface area contributed by atoms with E-state index in [2.05, 4.69) is 16.1 Å². The second-order valence-corrected chi connectivity index (χ2v) is 6.66. The number of hydrogen-bond donors (Lipinski definition) is 1. The van der Waals surface area contributed by atoms with E-state index in [-0.39, 0.29) is 5.91 Å². The van der Waals surface area contributed by atoms with E-state index >= 15 is 0 Å². The van der Waals surface area contributed by atoms with Crippen LogP contribution in [0.15, 0.2) is 24.3 Å². The second-order valence-electron chi connectivity index (χ2n) is 5.55. The number of nitrogens with one attached hydrogen (secondary N) is 1. The van der Waals surface area contributed by atoms with Crippen molar-refractivity contribution in [2.24, 2.45) is 0 Å². The van der Waals surface area contributed by atoms with Crippen LogP contribution in [0.1, 0.15) is 49.6 Å². The molecule has 1 heterocycles. The summed E-state index contributed by atoms with van der Waals surface area (Å²) in [6.45, 7) is 0. The molecule has 0 spiro atoms. The highest BCUT2D eigenvalue weighted by molar-refractivity contribution is 7.16. The number of rotatable bonds is 3. The van der Waals surface area contributed by atoms with Gasteiger partial charge in [-0.25, -0.2) is 4.79 Å². The largest absolute Gasteiger partial charge is 0.465 e. The number of carbonyl (C=O) groups is 2. The standard InChI is InChI=1S/C18H16N2O3S/c1-23-18(22)12-8-6-11(7-9-12)16(21)20-17-14(10-19)13-4-2-3-5-15(13)24-17/h6-9H,2-5H2,1H3,(H,20,21). The summed E-state index contributed by atoms with van der Waals surface area (Å²) >= 11 is 1.49. The highest BCUT2D eigenvalue weighted by Gasteiger charge is 2.22. The molecule has 1 aromatic heterocycles. The molecule has 3 rings (SSSR count). The fourth-order valence-electron chi connectivity index (χ4n) is 2.82. The minimum atomic E-state index is -0.445. The maximum atomic E-state index is 12.4. The van der Waals surface area contributed by atoms with Crippen molar-refractivity contribution in [2.75, 3.05) is 12.4 Å². The molecule has 2 aromatic rings. The first kappa shape index (κ1) is 16.2. The van der Waals surface area contributed by atoms with E-state index in [9.17, 15) is 14.9 Å². The number of aryl methyl sites for hydroxylation is 1. The minimum absolute atomic E-state index is 0.290. The highest BCUT2D eigenvalue weighted by Crippen LogP contribution is 2.37. The molecule has 24 heavy (non-hydrogen) atoms. The van der Waals surface area contributed by atoms with Crippen LogP contribution in [0.2, 0.25) is 0 Å². The van der Waals surface area contributed by atoms with Crippen molar-refractivity contribution >= 4 is 28.2 Å². The highest BCUT2D eigenvalue weighted by atomic mass is 32.1. The van der Waals surface area contributed by atoms with Gasteiger partial charge in [0.2, 0.25) is 0 Å². The van der Waals surface area contributed by atoms with Gasteiger partial charge < -0.3 is 10.1 Å². The van der Waals surface area contributed by atoms with E-state index in [1.165, 1.54) is 23.3 Å². The fraction of sp³-hybridized carbons (Fsp3) is 0.278. The zero-order valence-corrected chi connectivity index (χ0v) is 14.0. The SMILES string of the molecule is COC(=O)c1ccc(C(=O)Nc2sc3c(c2C#N)CCCC3)cc1. The zero-order valence-electron chi connectivity index (χ0n) is 13.2. The van der Waals surface area contributed by atoms with Crippen molar-refractivity contribution in [3.63, 3.8) is 0 Å². The van der Waals surface area contributed by atoms with Crippen LogP contribution in [0, 0.1) is 11.3 Å². The molecule has 0 fully saturated rings. The van der Waals surface area contributed by atoms with Crippen LogP contribution < -0.4 is 5.32 Å². The number of anilines is 1. The number of esters is 1. The molecule has 0 bridgehead atoms. The van der Waals surface area contributed by atoms with E-state index in [1.807, 2.05) is 0 Å². The predicted octanol–water partition coefficient (Wildman–Crippen LogP) is 3.54. The summed E-state index contributed by atoms with van der Waals surface area (Å²) in [6.07, 6.45) is 4.08. The first-order valence-electron chi connectivity index (χ1n) is 7.68. The molecule has 1 aliphatic rings. The summed E-state index contributed by atoms with van der Waals surface area (Å²) in [5, 5.41) is 12.9. The number of nitrogens with zero attached hydrogens (tertiary/aromatic N) is 1. The molecular weight excluding hydrogens is 324 g/mol. The Morgan fingerprint density at radius 3 is 2.50 bits per heavy atom. The molecule has 1 aliphatic carbocycles. The van der Waals surface area contributed by atoms with E-state index in [4.69, 9.17) is 0 Å². The zero-order chi connectivity index (χ0) is 17.1. The Labute approximate surface area is 143 Å². The van der Waals surface area contributed by atoms with E-state index < -0.39 is 5.97 Å². The van der Waals surface area contributed by atoms with Crippen molar-refractivity contribution in [3.05, 3.63) is 51.4 Å². The average Bonchev–Trinajstić information content (AvgIpc) is 2.98. The van der Waals surface area contributed by atoms with Crippen molar-refractivity contribution in [1.82, 2.24) is 0 Å². The summed E-state index contributed by atoms with van der Waals surface area (Å²) in [6, 6.07) is 8.46. The van der Waals surface area contributed by atoms with Crippen LogP contribution in [0.3, 0.4) is 0 Å². The first-order chi connectivity index (χ1) is 11.6. The summed E-state index contributed by atoms with van der Waals surface area (Å²) in [5.74, 6) is -0.735. The lowest BCUT2D eigenvalue weighted by molar-refractivity contribution is 0.0600. The van der Waals surface area contributed by atoms with Gasteiger partial charge in [-0.1, -0.05) is 0 Å². The van der Waals surface area contributed by atoms with Crippen molar-refractivity contribution in [3.8, 4) is 6.07 Å². The van der Waals surface area contributed by atoms with Crippen LogP contribution >= 0.6 is 11.3 Å². The summed E-state index contributed by atoms with van der Waals surface area (Å²) < 4.78 is 4.64. The quantitative estimate of drug-likeness (QED) is 0.867. The Bertz CT molecular complexity index is 831. The molecule has 0 saturated carbocycles. The lowest BCUT2D eigenvalue weighted by Crippen LogP contribution is -2.12. The summed E-state index contributed by atoms with van der Waals surface area (Å²) in [5.41, 5.74) is 2.50.